The minimum absolute atomic E-state index is 0.0275. The fourth-order valence-corrected chi connectivity index (χ4v) is 2.83. The summed E-state index contributed by atoms with van der Waals surface area (Å²) in [6.45, 7) is 6.17. The maximum atomic E-state index is 12.7. The molecule has 0 radical (unpaired) electrons. The lowest BCUT2D eigenvalue weighted by Crippen LogP contribution is -2.53. The van der Waals surface area contributed by atoms with E-state index in [-0.39, 0.29) is 31.1 Å². The summed E-state index contributed by atoms with van der Waals surface area (Å²) in [6.07, 6.45) is -4.40. The van der Waals surface area contributed by atoms with Crippen LogP contribution < -0.4 is 10.6 Å². The van der Waals surface area contributed by atoms with E-state index in [1.807, 2.05) is 18.7 Å². The van der Waals surface area contributed by atoms with Crippen molar-refractivity contribution in [3.05, 3.63) is 35.4 Å². The van der Waals surface area contributed by atoms with Crippen LogP contribution in [-0.2, 0) is 17.5 Å². The molecule has 3 amide bonds. The van der Waals surface area contributed by atoms with Crippen molar-refractivity contribution in [2.75, 3.05) is 32.7 Å². The molecule has 1 fully saturated rings. The minimum Gasteiger partial charge on any atom is -0.353 e. The number of alkyl halides is 3. The van der Waals surface area contributed by atoms with E-state index in [9.17, 15) is 22.8 Å². The molecule has 1 aliphatic rings. The SMILES string of the molecule is CC(C)NC(=O)CN1CCN(C(=O)NCc2cccc(C(F)(F)F)c2)CC1. The monoisotopic (exact) mass is 386 g/mol. The summed E-state index contributed by atoms with van der Waals surface area (Å²) in [5.41, 5.74) is -0.343. The normalized spacial score (nSPS) is 15.7. The number of nitrogens with one attached hydrogen (secondary N) is 2. The molecule has 1 heterocycles. The number of benzene rings is 1. The molecular formula is C18H25F3N4O2. The van der Waals surface area contributed by atoms with Gasteiger partial charge in [-0.05, 0) is 31.5 Å². The van der Waals surface area contributed by atoms with Crippen LogP contribution in [-0.4, -0.2) is 60.5 Å². The molecule has 1 aromatic carbocycles. The fourth-order valence-electron chi connectivity index (χ4n) is 2.83. The lowest BCUT2D eigenvalue weighted by molar-refractivity contribution is -0.137. The summed E-state index contributed by atoms with van der Waals surface area (Å²) in [4.78, 5) is 27.6. The molecule has 0 bridgehead atoms. The quantitative estimate of drug-likeness (QED) is 0.814. The molecule has 1 aromatic rings. The highest BCUT2D eigenvalue weighted by Gasteiger charge is 2.30. The summed E-state index contributed by atoms with van der Waals surface area (Å²) in [7, 11) is 0. The molecule has 150 valence electrons. The Kier molecular flexibility index (Phi) is 7.06. The van der Waals surface area contributed by atoms with E-state index in [4.69, 9.17) is 0 Å². The van der Waals surface area contributed by atoms with Crippen molar-refractivity contribution in [1.29, 1.82) is 0 Å². The van der Waals surface area contributed by atoms with Crippen LogP contribution in [0, 0.1) is 0 Å². The van der Waals surface area contributed by atoms with E-state index < -0.39 is 11.7 Å². The first kappa shape index (κ1) is 21.0. The molecule has 2 N–H and O–H groups in total. The van der Waals surface area contributed by atoms with Crippen LogP contribution in [0.2, 0.25) is 0 Å². The minimum atomic E-state index is -4.40. The van der Waals surface area contributed by atoms with Crippen LogP contribution in [0.3, 0.4) is 0 Å². The van der Waals surface area contributed by atoms with Crippen molar-refractivity contribution in [3.63, 3.8) is 0 Å². The Morgan fingerprint density at radius 3 is 2.41 bits per heavy atom. The fraction of sp³-hybridized carbons (Fsp3) is 0.556. The molecule has 1 saturated heterocycles. The van der Waals surface area contributed by atoms with Gasteiger partial charge in [0.25, 0.3) is 0 Å². The molecule has 0 atom stereocenters. The van der Waals surface area contributed by atoms with Crippen LogP contribution in [0.4, 0.5) is 18.0 Å². The molecule has 0 aromatic heterocycles. The van der Waals surface area contributed by atoms with Crippen molar-refractivity contribution in [3.8, 4) is 0 Å². The van der Waals surface area contributed by atoms with E-state index >= 15 is 0 Å². The van der Waals surface area contributed by atoms with Crippen molar-refractivity contribution >= 4 is 11.9 Å². The average Bonchev–Trinajstić information content (AvgIpc) is 2.59. The molecule has 0 spiro atoms. The van der Waals surface area contributed by atoms with Crippen LogP contribution in [0.25, 0.3) is 0 Å². The Morgan fingerprint density at radius 2 is 1.81 bits per heavy atom. The van der Waals surface area contributed by atoms with Gasteiger partial charge >= 0.3 is 12.2 Å². The lowest BCUT2D eigenvalue weighted by atomic mass is 10.1. The van der Waals surface area contributed by atoms with Gasteiger partial charge in [0.05, 0.1) is 12.1 Å². The van der Waals surface area contributed by atoms with Gasteiger partial charge in [-0.1, -0.05) is 12.1 Å². The number of piperazine rings is 1. The van der Waals surface area contributed by atoms with Crippen molar-refractivity contribution in [2.45, 2.75) is 32.6 Å². The van der Waals surface area contributed by atoms with E-state index in [0.29, 0.717) is 31.7 Å². The highest BCUT2D eigenvalue weighted by molar-refractivity contribution is 5.78. The highest BCUT2D eigenvalue weighted by atomic mass is 19.4. The zero-order valence-corrected chi connectivity index (χ0v) is 15.5. The van der Waals surface area contributed by atoms with Gasteiger partial charge in [-0.25, -0.2) is 4.79 Å². The number of urea groups is 1. The van der Waals surface area contributed by atoms with Gasteiger partial charge in [0.2, 0.25) is 5.91 Å². The molecular weight excluding hydrogens is 361 g/mol. The number of nitrogens with zero attached hydrogens (tertiary/aromatic N) is 2. The Hall–Kier alpha value is -2.29. The number of hydrogen-bond donors (Lipinski definition) is 2. The molecule has 1 aliphatic heterocycles. The maximum absolute atomic E-state index is 12.7. The summed E-state index contributed by atoms with van der Waals surface area (Å²) >= 11 is 0. The third-order valence-corrected chi connectivity index (χ3v) is 4.17. The number of rotatable bonds is 5. The van der Waals surface area contributed by atoms with Crippen LogP contribution >= 0.6 is 0 Å². The predicted octanol–water partition coefficient (Wildman–Crippen LogP) is 2.06. The summed E-state index contributed by atoms with van der Waals surface area (Å²) in [5, 5.41) is 5.47. The highest BCUT2D eigenvalue weighted by Crippen LogP contribution is 2.29. The zero-order valence-electron chi connectivity index (χ0n) is 15.5. The second-order valence-electron chi connectivity index (χ2n) is 6.84. The third-order valence-electron chi connectivity index (χ3n) is 4.17. The van der Waals surface area contributed by atoms with Gasteiger partial charge in [0.1, 0.15) is 0 Å². The molecule has 9 heteroatoms. The van der Waals surface area contributed by atoms with Crippen LogP contribution in [0.1, 0.15) is 25.0 Å². The van der Waals surface area contributed by atoms with Crippen LogP contribution in [0.5, 0.6) is 0 Å². The maximum Gasteiger partial charge on any atom is 0.416 e. The van der Waals surface area contributed by atoms with E-state index in [2.05, 4.69) is 10.6 Å². The topological polar surface area (TPSA) is 64.7 Å². The number of hydrogen-bond acceptors (Lipinski definition) is 3. The molecule has 0 unspecified atom stereocenters. The summed E-state index contributed by atoms with van der Waals surface area (Å²) < 4.78 is 38.2. The molecule has 2 rings (SSSR count). The van der Waals surface area contributed by atoms with Gasteiger partial charge in [-0.15, -0.1) is 0 Å². The number of halogens is 3. The second-order valence-corrected chi connectivity index (χ2v) is 6.84. The third kappa shape index (κ3) is 6.74. The van der Waals surface area contributed by atoms with Crippen LogP contribution in [0.15, 0.2) is 24.3 Å². The second kappa shape index (κ2) is 9.07. The largest absolute Gasteiger partial charge is 0.416 e. The van der Waals surface area contributed by atoms with E-state index in [1.165, 1.54) is 6.07 Å². The number of amides is 3. The van der Waals surface area contributed by atoms with Crippen molar-refractivity contribution in [1.82, 2.24) is 20.4 Å². The first-order valence-electron chi connectivity index (χ1n) is 8.86. The standard InChI is InChI=1S/C18H25F3N4O2/c1-13(2)23-16(26)12-24-6-8-25(9-7-24)17(27)22-11-14-4-3-5-15(10-14)18(19,20)21/h3-5,10,13H,6-9,11-12H2,1-2H3,(H,22,27)(H,23,26). The Labute approximate surface area is 156 Å². The smallest absolute Gasteiger partial charge is 0.353 e. The van der Waals surface area contributed by atoms with Gasteiger partial charge in [-0.3, -0.25) is 9.69 Å². The first-order chi connectivity index (χ1) is 12.6. The van der Waals surface area contributed by atoms with Crippen molar-refractivity contribution in [2.24, 2.45) is 0 Å². The number of carbonyl (C=O) groups excluding carboxylic acids is 2. The molecule has 0 saturated carbocycles. The molecule has 0 aliphatic carbocycles. The average molecular weight is 386 g/mol. The number of carbonyl (C=O) groups is 2. The van der Waals surface area contributed by atoms with Gasteiger partial charge in [0, 0.05) is 38.8 Å². The van der Waals surface area contributed by atoms with Gasteiger partial charge < -0.3 is 15.5 Å². The first-order valence-corrected chi connectivity index (χ1v) is 8.86. The van der Waals surface area contributed by atoms with E-state index in [1.54, 1.807) is 11.0 Å². The zero-order chi connectivity index (χ0) is 20.0. The summed E-state index contributed by atoms with van der Waals surface area (Å²) in [5.74, 6) is -0.0487. The Bertz CT molecular complexity index is 656. The van der Waals surface area contributed by atoms with Gasteiger partial charge in [0.15, 0.2) is 0 Å². The molecule has 27 heavy (non-hydrogen) atoms. The van der Waals surface area contributed by atoms with Gasteiger partial charge in [-0.2, -0.15) is 13.2 Å². The lowest BCUT2D eigenvalue weighted by Gasteiger charge is -2.34. The summed E-state index contributed by atoms with van der Waals surface area (Å²) in [6, 6.07) is 4.66. The van der Waals surface area contributed by atoms with Crippen molar-refractivity contribution < 1.29 is 22.8 Å². The van der Waals surface area contributed by atoms with E-state index in [0.717, 1.165) is 12.1 Å². The molecule has 6 nitrogen and oxygen atoms in total. The Balaban J connectivity index is 1.77. The Morgan fingerprint density at radius 1 is 1.15 bits per heavy atom. The predicted molar refractivity (Wildman–Crippen MR) is 95.0 cm³/mol.